The molecule has 11 heteroatoms. The second-order valence-corrected chi connectivity index (χ2v) is 4.63. The van der Waals surface area contributed by atoms with Crippen molar-refractivity contribution < 1.29 is 40.8 Å². The van der Waals surface area contributed by atoms with Gasteiger partial charge in [-0.05, 0) is 0 Å². The molecule has 0 amide bonds. The lowest BCUT2D eigenvalue weighted by molar-refractivity contribution is -0.178. The molecular formula is C6H12O9S2. The Hall–Kier alpha value is 0.0200. The van der Waals surface area contributed by atoms with Crippen LogP contribution >= 0.6 is 12.3 Å². The summed E-state index contributed by atoms with van der Waals surface area (Å²) in [7, 11) is -4.75. The first-order valence-corrected chi connectivity index (χ1v) is 6.48. The predicted octanol–water partition coefficient (Wildman–Crippen LogP) is -1.57. The third kappa shape index (κ3) is 4.31. The van der Waals surface area contributed by atoms with Crippen LogP contribution in [0.5, 0.6) is 0 Å². The van der Waals surface area contributed by atoms with Crippen LogP contribution in [-0.2, 0) is 23.5 Å². The van der Waals surface area contributed by atoms with E-state index in [1.54, 1.807) is 0 Å². The molecule has 1 fully saturated rings. The molecule has 1 aliphatic rings. The molecular weight excluding hydrogens is 280 g/mol. The van der Waals surface area contributed by atoms with Crippen LogP contribution in [0.4, 0.5) is 0 Å². The molecule has 0 aliphatic carbocycles. The van der Waals surface area contributed by atoms with E-state index in [1.165, 1.54) is 0 Å². The fraction of sp³-hybridized carbons (Fsp3) is 1.00. The molecule has 0 aromatic rings. The molecule has 1 aliphatic heterocycles. The Morgan fingerprint density at radius 2 is 2.12 bits per heavy atom. The van der Waals surface area contributed by atoms with Crippen molar-refractivity contribution in [1.29, 1.82) is 0 Å². The highest BCUT2D eigenvalue weighted by Gasteiger charge is 2.43. The van der Waals surface area contributed by atoms with Crippen LogP contribution in [0, 0.1) is 0 Å². The summed E-state index contributed by atoms with van der Waals surface area (Å²) in [4.78, 5) is 0. The molecule has 0 radical (unpaired) electrons. The van der Waals surface area contributed by atoms with Gasteiger partial charge in [-0.1, -0.05) is 0 Å². The molecule has 0 spiro atoms. The molecule has 4 atom stereocenters. The highest BCUT2D eigenvalue weighted by molar-refractivity contribution is 7.88. The van der Waals surface area contributed by atoms with Crippen LogP contribution in [0.1, 0.15) is 0 Å². The zero-order valence-corrected chi connectivity index (χ0v) is 10.0. The van der Waals surface area contributed by atoms with E-state index in [-0.39, 0.29) is 18.9 Å². The molecule has 17 heavy (non-hydrogen) atoms. The maximum atomic E-state index is 10.5. The van der Waals surface area contributed by atoms with Crippen LogP contribution in [0.3, 0.4) is 0 Å². The van der Waals surface area contributed by atoms with Gasteiger partial charge in [-0.15, -0.1) is 0 Å². The predicted molar refractivity (Wildman–Crippen MR) is 54.3 cm³/mol. The highest BCUT2D eigenvalue weighted by atomic mass is 32.3. The second kappa shape index (κ2) is 6.26. The van der Waals surface area contributed by atoms with E-state index in [0.29, 0.717) is 0 Å². The normalized spacial score (nSPS) is 34.8. The number of ether oxygens (including phenoxy) is 1. The van der Waals surface area contributed by atoms with Gasteiger partial charge in [0.1, 0.15) is 24.4 Å². The zero-order valence-electron chi connectivity index (χ0n) is 8.37. The third-order valence-corrected chi connectivity index (χ3v) is 2.94. The molecule has 9 nitrogen and oxygen atoms in total. The summed E-state index contributed by atoms with van der Waals surface area (Å²) in [6.45, 7) is -0.858. The van der Waals surface area contributed by atoms with E-state index in [9.17, 15) is 13.5 Å². The second-order valence-electron chi connectivity index (χ2n) is 3.24. The fourth-order valence-corrected chi connectivity index (χ4v) is 2.23. The Morgan fingerprint density at radius 1 is 1.47 bits per heavy atom. The van der Waals surface area contributed by atoms with Gasteiger partial charge in [0.2, 0.25) is 0 Å². The van der Waals surface area contributed by atoms with Crippen LogP contribution in [0.15, 0.2) is 0 Å². The first-order valence-electron chi connectivity index (χ1n) is 4.42. The van der Waals surface area contributed by atoms with Gasteiger partial charge < -0.3 is 19.5 Å². The van der Waals surface area contributed by atoms with Gasteiger partial charge >= 0.3 is 10.4 Å². The first-order chi connectivity index (χ1) is 7.89. The summed E-state index contributed by atoms with van der Waals surface area (Å²) in [5.41, 5.74) is 0. The van der Waals surface area contributed by atoms with Crippen molar-refractivity contribution in [3.8, 4) is 0 Å². The smallest absolute Gasteiger partial charge is 0.394 e. The van der Waals surface area contributed by atoms with E-state index < -0.39 is 41.4 Å². The molecule has 4 N–H and O–H groups in total. The Labute approximate surface area is 102 Å². The summed E-state index contributed by atoms with van der Waals surface area (Å²) in [5, 5.41) is 18.6. The number of aliphatic hydroxyl groups is 2. The van der Waals surface area contributed by atoms with Crippen molar-refractivity contribution in [2.45, 2.75) is 24.4 Å². The quantitative estimate of drug-likeness (QED) is 0.346. The molecule has 1 saturated heterocycles. The maximum absolute atomic E-state index is 10.5. The van der Waals surface area contributed by atoms with Crippen molar-refractivity contribution >= 4 is 22.7 Å². The molecule has 102 valence electrons. The average molecular weight is 292 g/mol. The molecule has 0 aromatic carbocycles. The summed E-state index contributed by atoms with van der Waals surface area (Å²) in [6.07, 6.45) is -5.02. The van der Waals surface area contributed by atoms with Crippen LogP contribution < -0.4 is 0 Å². The number of hydrogen-bond acceptors (Lipinski definition) is 9. The van der Waals surface area contributed by atoms with E-state index >= 15 is 0 Å². The molecule has 1 heterocycles. The maximum Gasteiger partial charge on any atom is 0.397 e. The molecule has 0 unspecified atom stereocenters. The zero-order chi connectivity index (χ0) is 13.1. The standard InChI is InChI=1S/C6H12O9S2/c7-1-3-6(14-16-9)5(8)4(2-13-3)15-17(10,11)12/h3-9H,1-2H2,(H,10,11,12)/t3-,4+,5-,6-/m1/s1. The lowest BCUT2D eigenvalue weighted by atomic mass is 10.0. The molecule has 1 rings (SSSR count). The monoisotopic (exact) mass is 292 g/mol. The minimum atomic E-state index is -4.75. The lowest BCUT2D eigenvalue weighted by Gasteiger charge is -2.37. The van der Waals surface area contributed by atoms with Gasteiger partial charge in [-0.2, -0.15) is 8.42 Å². The van der Waals surface area contributed by atoms with Gasteiger partial charge in [0.25, 0.3) is 0 Å². The molecule has 0 aromatic heterocycles. The van der Waals surface area contributed by atoms with Gasteiger partial charge in [0.05, 0.1) is 13.2 Å². The SMILES string of the molecule is O=S(=O)(O)O[C@H]1CO[C@H](CO)[C@@H](OSO)[C@@H]1O. The van der Waals surface area contributed by atoms with Crippen LogP contribution in [0.25, 0.3) is 0 Å². The van der Waals surface area contributed by atoms with E-state index in [2.05, 4.69) is 8.37 Å². The molecule has 0 bridgehead atoms. The van der Waals surface area contributed by atoms with Crippen molar-refractivity contribution in [2.75, 3.05) is 13.2 Å². The largest absolute Gasteiger partial charge is 0.397 e. The van der Waals surface area contributed by atoms with Crippen LogP contribution in [0.2, 0.25) is 0 Å². The van der Waals surface area contributed by atoms with Crippen molar-refractivity contribution in [2.24, 2.45) is 0 Å². The number of hydrogen-bond donors (Lipinski definition) is 4. The van der Waals surface area contributed by atoms with E-state index in [4.69, 9.17) is 18.9 Å². The van der Waals surface area contributed by atoms with Gasteiger partial charge in [-0.3, -0.25) is 8.74 Å². The first kappa shape index (κ1) is 15.1. The minimum absolute atomic E-state index is 0.0676. The Kier molecular flexibility index (Phi) is 5.56. The lowest BCUT2D eigenvalue weighted by Crippen LogP contribution is -2.55. The fourth-order valence-electron chi connectivity index (χ4n) is 1.41. The van der Waals surface area contributed by atoms with Crippen molar-refractivity contribution in [1.82, 2.24) is 0 Å². The average Bonchev–Trinajstić information content (AvgIpc) is 2.23. The Balaban J connectivity index is 2.72. The summed E-state index contributed by atoms with van der Waals surface area (Å²) in [5.74, 6) is 0. The Bertz CT molecular complexity index is 330. The van der Waals surface area contributed by atoms with Crippen LogP contribution in [-0.4, -0.2) is 65.4 Å². The summed E-state index contributed by atoms with van der Waals surface area (Å²) in [6, 6.07) is 0. The topological polar surface area (TPSA) is 143 Å². The minimum Gasteiger partial charge on any atom is -0.394 e. The van der Waals surface area contributed by atoms with E-state index in [0.717, 1.165) is 0 Å². The van der Waals surface area contributed by atoms with E-state index in [1.807, 2.05) is 0 Å². The van der Waals surface area contributed by atoms with Gasteiger partial charge in [0, 0.05) is 0 Å². The number of aliphatic hydroxyl groups excluding tert-OH is 2. The summed E-state index contributed by atoms with van der Waals surface area (Å²) >= 11 is -0.0676. The Morgan fingerprint density at radius 3 is 2.59 bits per heavy atom. The van der Waals surface area contributed by atoms with Gasteiger partial charge in [-0.25, -0.2) is 4.18 Å². The van der Waals surface area contributed by atoms with Crippen molar-refractivity contribution in [3.63, 3.8) is 0 Å². The summed E-state index contributed by atoms with van der Waals surface area (Å²) < 4.78 is 51.7. The highest BCUT2D eigenvalue weighted by Crippen LogP contribution is 2.24. The third-order valence-electron chi connectivity index (χ3n) is 2.14. The molecule has 0 saturated carbocycles. The van der Waals surface area contributed by atoms with Gasteiger partial charge in [0.15, 0.2) is 12.3 Å². The van der Waals surface area contributed by atoms with Crippen molar-refractivity contribution in [3.05, 3.63) is 0 Å². The number of rotatable bonds is 5.